The predicted octanol–water partition coefficient (Wildman–Crippen LogP) is 1.26. The molecule has 0 spiro atoms. The SMILES string of the molecule is CCC(C)NC(C)c1nncn1C. The minimum atomic E-state index is 0.266. The molecule has 2 atom stereocenters. The lowest BCUT2D eigenvalue weighted by molar-refractivity contribution is 0.446. The molecule has 1 N–H and O–H groups in total. The van der Waals surface area contributed by atoms with Crippen molar-refractivity contribution in [1.82, 2.24) is 20.1 Å². The van der Waals surface area contributed by atoms with E-state index in [0.29, 0.717) is 6.04 Å². The van der Waals surface area contributed by atoms with Crippen LogP contribution in [0.15, 0.2) is 6.33 Å². The molecule has 74 valence electrons. The smallest absolute Gasteiger partial charge is 0.149 e. The van der Waals surface area contributed by atoms with Gasteiger partial charge in [-0.15, -0.1) is 10.2 Å². The highest BCUT2D eigenvalue weighted by molar-refractivity contribution is 4.92. The number of hydrogen-bond donors (Lipinski definition) is 1. The van der Waals surface area contributed by atoms with Gasteiger partial charge in [0.1, 0.15) is 12.2 Å². The first-order valence-corrected chi connectivity index (χ1v) is 4.75. The Kier molecular flexibility index (Phi) is 3.42. The second-order valence-electron chi connectivity index (χ2n) is 3.50. The first kappa shape index (κ1) is 10.2. The fraction of sp³-hybridized carbons (Fsp3) is 0.778. The van der Waals surface area contributed by atoms with Crippen molar-refractivity contribution in [1.29, 1.82) is 0 Å². The highest BCUT2D eigenvalue weighted by Gasteiger charge is 2.12. The van der Waals surface area contributed by atoms with Crippen molar-refractivity contribution < 1.29 is 0 Å². The number of nitrogens with one attached hydrogen (secondary N) is 1. The van der Waals surface area contributed by atoms with E-state index in [9.17, 15) is 0 Å². The number of nitrogens with zero attached hydrogens (tertiary/aromatic N) is 3. The van der Waals surface area contributed by atoms with Gasteiger partial charge in [0.05, 0.1) is 6.04 Å². The number of hydrogen-bond acceptors (Lipinski definition) is 3. The van der Waals surface area contributed by atoms with Crippen molar-refractivity contribution in [2.75, 3.05) is 0 Å². The van der Waals surface area contributed by atoms with E-state index in [0.717, 1.165) is 12.2 Å². The molecule has 4 nitrogen and oxygen atoms in total. The third kappa shape index (κ3) is 2.52. The summed E-state index contributed by atoms with van der Waals surface area (Å²) in [5.74, 6) is 0.986. The van der Waals surface area contributed by atoms with E-state index in [4.69, 9.17) is 0 Å². The summed E-state index contributed by atoms with van der Waals surface area (Å²) in [6.07, 6.45) is 2.85. The Hall–Kier alpha value is -0.900. The van der Waals surface area contributed by atoms with Crippen LogP contribution < -0.4 is 5.32 Å². The average molecular weight is 182 g/mol. The molecule has 1 aromatic heterocycles. The molecule has 0 radical (unpaired) electrons. The van der Waals surface area contributed by atoms with Crippen LogP contribution in [-0.4, -0.2) is 20.8 Å². The molecule has 0 saturated heterocycles. The van der Waals surface area contributed by atoms with Gasteiger partial charge in [0.2, 0.25) is 0 Å². The van der Waals surface area contributed by atoms with Gasteiger partial charge in [0.25, 0.3) is 0 Å². The minimum absolute atomic E-state index is 0.266. The van der Waals surface area contributed by atoms with E-state index < -0.39 is 0 Å². The highest BCUT2D eigenvalue weighted by atomic mass is 15.3. The first-order valence-electron chi connectivity index (χ1n) is 4.75. The van der Waals surface area contributed by atoms with Crippen molar-refractivity contribution in [2.45, 2.75) is 39.3 Å². The number of aromatic nitrogens is 3. The van der Waals surface area contributed by atoms with Gasteiger partial charge in [0, 0.05) is 13.1 Å². The van der Waals surface area contributed by atoms with Crippen molar-refractivity contribution in [3.05, 3.63) is 12.2 Å². The maximum atomic E-state index is 4.05. The fourth-order valence-corrected chi connectivity index (χ4v) is 1.30. The summed E-state index contributed by atoms with van der Waals surface area (Å²) in [7, 11) is 1.96. The van der Waals surface area contributed by atoms with Gasteiger partial charge in [0.15, 0.2) is 0 Å². The second-order valence-corrected chi connectivity index (χ2v) is 3.50. The quantitative estimate of drug-likeness (QED) is 0.762. The summed E-state index contributed by atoms with van der Waals surface area (Å²) in [5, 5.41) is 11.4. The van der Waals surface area contributed by atoms with Gasteiger partial charge in [-0.05, 0) is 20.3 Å². The molecular formula is C9H18N4. The minimum Gasteiger partial charge on any atom is -0.319 e. The average Bonchev–Trinajstić information content (AvgIpc) is 2.51. The molecule has 0 saturated carbocycles. The Morgan fingerprint density at radius 1 is 1.54 bits per heavy atom. The zero-order valence-electron chi connectivity index (χ0n) is 8.78. The van der Waals surface area contributed by atoms with Gasteiger partial charge < -0.3 is 9.88 Å². The molecule has 0 aliphatic rings. The summed E-state index contributed by atoms with van der Waals surface area (Å²) in [6.45, 7) is 6.45. The molecule has 0 aromatic carbocycles. The predicted molar refractivity (Wildman–Crippen MR) is 52.3 cm³/mol. The van der Waals surface area contributed by atoms with Crippen molar-refractivity contribution in [3.8, 4) is 0 Å². The van der Waals surface area contributed by atoms with Gasteiger partial charge in [-0.25, -0.2) is 0 Å². The van der Waals surface area contributed by atoms with Crippen LogP contribution >= 0.6 is 0 Å². The van der Waals surface area contributed by atoms with E-state index in [-0.39, 0.29) is 6.04 Å². The second kappa shape index (κ2) is 4.37. The lowest BCUT2D eigenvalue weighted by Crippen LogP contribution is -2.29. The summed E-state index contributed by atoms with van der Waals surface area (Å²) in [5.41, 5.74) is 0. The molecule has 1 heterocycles. The maximum absolute atomic E-state index is 4.05. The zero-order chi connectivity index (χ0) is 9.84. The third-order valence-corrected chi connectivity index (χ3v) is 2.28. The molecule has 13 heavy (non-hydrogen) atoms. The van der Waals surface area contributed by atoms with E-state index >= 15 is 0 Å². The molecule has 0 fully saturated rings. The monoisotopic (exact) mass is 182 g/mol. The summed E-state index contributed by atoms with van der Waals surface area (Å²) in [6, 6.07) is 0.786. The largest absolute Gasteiger partial charge is 0.319 e. The van der Waals surface area contributed by atoms with Crippen molar-refractivity contribution in [2.24, 2.45) is 7.05 Å². The summed E-state index contributed by atoms with van der Waals surface area (Å²) in [4.78, 5) is 0. The molecule has 0 aliphatic heterocycles. The van der Waals surface area contributed by atoms with E-state index in [2.05, 4.69) is 36.3 Å². The molecule has 1 rings (SSSR count). The molecule has 0 aliphatic carbocycles. The molecule has 0 bridgehead atoms. The van der Waals surface area contributed by atoms with Crippen LogP contribution in [0.5, 0.6) is 0 Å². The van der Waals surface area contributed by atoms with Crippen LogP contribution in [-0.2, 0) is 7.05 Å². The Balaban J connectivity index is 2.58. The Morgan fingerprint density at radius 3 is 2.69 bits per heavy atom. The third-order valence-electron chi connectivity index (χ3n) is 2.28. The standard InChI is InChI=1S/C9H18N4/c1-5-7(2)11-8(3)9-12-10-6-13(9)4/h6-8,11H,5H2,1-4H3. The topological polar surface area (TPSA) is 42.7 Å². The maximum Gasteiger partial charge on any atom is 0.149 e. The van der Waals surface area contributed by atoms with Crippen molar-refractivity contribution >= 4 is 0 Å². The Bertz CT molecular complexity index is 256. The van der Waals surface area contributed by atoms with Crippen LogP contribution in [0.3, 0.4) is 0 Å². The molecule has 4 heteroatoms. The van der Waals surface area contributed by atoms with Crippen LogP contribution in [0, 0.1) is 0 Å². The van der Waals surface area contributed by atoms with E-state index in [1.54, 1.807) is 6.33 Å². The lowest BCUT2D eigenvalue weighted by atomic mass is 10.2. The Labute approximate surface area is 79.4 Å². The van der Waals surface area contributed by atoms with Crippen LogP contribution in [0.4, 0.5) is 0 Å². The molecular weight excluding hydrogens is 164 g/mol. The number of rotatable bonds is 4. The first-order chi connectivity index (χ1) is 6.15. The van der Waals surface area contributed by atoms with E-state index in [1.165, 1.54) is 0 Å². The fourth-order valence-electron chi connectivity index (χ4n) is 1.30. The van der Waals surface area contributed by atoms with Gasteiger partial charge >= 0.3 is 0 Å². The lowest BCUT2D eigenvalue weighted by Gasteiger charge is -2.17. The van der Waals surface area contributed by atoms with E-state index in [1.807, 2.05) is 11.6 Å². The molecule has 0 amide bonds. The molecule has 2 unspecified atom stereocenters. The summed E-state index contributed by atoms with van der Waals surface area (Å²) < 4.78 is 1.94. The highest BCUT2D eigenvalue weighted by Crippen LogP contribution is 2.08. The molecule has 1 aromatic rings. The van der Waals surface area contributed by atoms with Gasteiger partial charge in [-0.1, -0.05) is 6.92 Å². The van der Waals surface area contributed by atoms with Crippen molar-refractivity contribution in [3.63, 3.8) is 0 Å². The summed E-state index contributed by atoms with van der Waals surface area (Å²) >= 11 is 0. The van der Waals surface area contributed by atoms with Crippen LogP contribution in [0.25, 0.3) is 0 Å². The normalized spacial score (nSPS) is 15.7. The number of aryl methyl sites for hydroxylation is 1. The Morgan fingerprint density at radius 2 is 2.23 bits per heavy atom. The van der Waals surface area contributed by atoms with Crippen LogP contribution in [0.2, 0.25) is 0 Å². The van der Waals surface area contributed by atoms with Gasteiger partial charge in [-0.3, -0.25) is 0 Å². The van der Waals surface area contributed by atoms with Gasteiger partial charge in [-0.2, -0.15) is 0 Å². The zero-order valence-corrected chi connectivity index (χ0v) is 8.78. The van der Waals surface area contributed by atoms with Crippen LogP contribution in [0.1, 0.15) is 39.1 Å².